The topological polar surface area (TPSA) is 99.1 Å². The second-order valence-corrected chi connectivity index (χ2v) is 5.80. The van der Waals surface area contributed by atoms with Crippen molar-refractivity contribution in [2.24, 2.45) is 5.41 Å². The van der Waals surface area contributed by atoms with Crippen LogP contribution in [-0.2, 0) is 9.53 Å². The molecular weight excluding hydrogens is 264 g/mol. The van der Waals surface area contributed by atoms with E-state index in [2.05, 4.69) is 5.32 Å². The van der Waals surface area contributed by atoms with E-state index in [-0.39, 0.29) is 18.4 Å². The van der Waals surface area contributed by atoms with Gasteiger partial charge in [-0.2, -0.15) is 0 Å². The third-order valence-corrected chi connectivity index (χ3v) is 4.23. The van der Waals surface area contributed by atoms with E-state index in [4.69, 9.17) is 9.84 Å². The van der Waals surface area contributed by atoms with E-state index in [1.54, 1.807) is 7.11 Å². The smallest absolute Gasteiger partial charge is 0.326 e. The maximum absolute atomic E-state index is 12.1. The van der Waals surface area contributed by atoms with Crippen molar-refractivity contribution in [1.29, 1.82) is 0 Å². The molecule has 2 amide bonds. The summed E-state index contributed by atoms with van der Waals surface area (Å²) in [5.74, 6) is -1.07. The van der Waals surface area contributed by atoms with Crippen LogP contribution in [0.3, 0.4) is 0 Å². The van der Waals surface area contributed by atoms with E-state index in [1.807, 2.05) is 0 Å². The fourth-order valence-electron chi connectivity index (χ4n) is 2.65. The Hall–Kier alpha value is -1.34. The number of carboxylic acids is 1. The van der Waals surface area contributed by atoms with E-state index >= 15 is 0 Å². The first-order valence-corrected chi connectivity index (χ1v) is 6.92. The highest BCUT2D eigenvalue weighted by atomic mass is 16.5. The molecule has 1 aliphatic heterocycles. The first kappa shape index (κ1) is 15.1. The maximum atomic E-state index is 12.1. The van der Waals surface area contributed by atoms with Gasteiger partial charge in [-0.1, -0.05) is 0 Å². The fraction of sp³-hybridized carbons (Fsp3) is 0.846. The van der Waals surface area contributed by atoms with Crippen LogP contribution >= 0.6 is 0 Å². The number of methoxy groups -OCH3 is 1. The van der Waals surface area contributed by atoms with Crippen LogP contribution in [0.1, 0.15) is 25.7 Å². The summed E-state index contributed by atoms with van der Waals surface area (Å²) in [7, 11) is 1.65. The number of nitrogens with one attached hydrogen (secondary N) is 1. The number of aliphatic carboxylic acids is 1. The van der Waals surface area contributed by atoms with Gasteiger partial charge in [0.15, 0.2) is 0 Å². The highest BCUT2D eigenvalue weighted by Crippen LogP contribution is 2.48. The zero-order chi connectivity index (χ0) is 14.8. The monoisotopic (exact) mass is 286 g/mol. The number of aliphatic hydroxyl groups excluding tert-OH is 1. The Morgan fingerprint density at radius 2 is 2.15 bits per heavy atom. The molecule has 1 heterocycles. The van der Waals surface area contributed by atoms with E-state index in [1.165, 1.54) is 4.90 Å². The van der Waals surface area contributed by atoms with Crippen LogP contribution in [-0.4, -0.2) is 66.1 Å². The molecule has 2 rings (SSSR count). The third kappa shape index (κ3) is 3.40. The molecule has 0 bridgehead atoms. The molecule has 0 unspecified atom stereocenters. The molecule has 7 heteroatoms. The van der Waals surface area contributed by atoms with E-state index < -0.39 is 24.1 Å². The molecule has 3 N–H and O–H groups in total. The summed E-state index contributed by atoms with van der Waals surface area (Å²) in [4.78, 5) is 24.3. The lowest BCUT2D eigenvalue weighted by atomic mass is 10.0. The summed E-state index contributed by atoms with van der Waals surface area (Å²) in [6.45, 7) is 1.28. The van der Waals surface area contributed by atoms with Crippen molar-refractivity contribution in [3.05, 3.63) is 0 Å². The number of likely N-dealkylation sites (tertiary alicyclic amines) is 1. The molecule has 0 aromatic carbocycles. The van der Waals surface area contributed by atoms with Crippen LogP contribution in [0.5, 0.6) is 0 Å². The van der Waals surface area contributed by atoms with Gasteiger partial charge in [0.05, 0.1) is 6.10 Å². The molecule has 0 radical (unpaired) electrons. The quantitative estimate of drug-likeness (QED) is 0.640. The molecule has 1 saturated heterocycles. The Labute approximate surface area is 117 Å². The lowest BCUT2D eigenvalue weighted by Gasteiger charge is -2.23. The molecular formula is C13H22N2O5. The summed E-state index contributed by atoms with van der Waals surface area (Å²) in [6.07, 6.45) is 2.35. The minimum absolute atomic E-state index is 0.0773. The molecule has 0 spiro atoms. The number of urea groups is 1. The normalized spacial score (nSPS) is 27.4. The Morgan fingerprint density at radius 1 is 1.45 bits per heavy atom. The van der Waals surface area contributed by atoms with Gasteiger partial charge in [0.2, 0.25) is 0 Å². The van der Waals surface area contributed by atoms with Crippen molar-refractivity contribution in [2.45, 2.75) is 37.8 Å². The number of ether oxygens (including phenoxy) is 1. The first-order valence-electron chi connectivity index (χ1n) is 6.92. The minimum atomic E-state index is -1.07. The largest absolute Gasteiger partial charge is 0.480 e. The average molecular weight is 286 g/mol. The number of hydrogen-bond donors (Lipinski definition) is 3. The molecule has 0 aromatic rings. The van der Waals surface area contributed by atoms with Gasteiger partial charge in [0.1, 0.15) is 6.04 Å². The van der Waals surface area contributed by atoms with Crippen LogP contribution in [0.25, 0.3) is 0 Å². The van der Waals surface area contributed by atoms with Crippen molar-refractivity contribution in [1.82, 2.24) is 10.2 Å². The lowest BCUT2D eigenvalue weighted by Crippen LogP contribution is -2.47. The summed E-state index contributed by atoms with van der Waals surface area (Å²) < 4.78 is 5.05. The van der Waals surface area contributed by atoms with Gasteiger partial charge in [-0.3, -0.25) is 0 Å². The van der Waals surface area contributed by atoms with Gasteiger partial charge >= 0.3 is 12.0 Å². The van der Waals surface area contributed by atoms with Crippen molar-refractivity contribution < 1.29 is 24.5 Å². The number of aliphatic hydroxyl groups is 1. The molecule has 20 heavy (non-hydrogen) atoms. The molecule has 1 saturated carbocycles. The van der Waals surface area contributed by atoms with Crippen molar-refractivity contribution in [3.8, 4) is 0 Å². The van der Waals surface area contributed by atoms with Gasteiger partial charge in [-0.05, 0) is 24.7 Å². The molecule has 2 fully saturated rings. The molecule has 0 aromatic heterocycles. The Balaban J connectivity index is 1.84. The lowest BCUT2D eigenvalue weighted by molar-refractivity contribution is -0.141. The summed E-state index contributed by atoms with van der Waals surface area (Å²) in [5.41, 5.74) is 0.114. The molecule has 114 valence electrons. The van der Waals surface area contributed by atoms with Crippen molar-refractivity contribution in [2.75, 3.05) is 26.8 Å². The first-order chi connectivity index (χ1) is 9.47. The number of nitrogens with zero attached hydrogens (tertiary/aromatic N) is 1. The molecule has 7 nitrogen and oxygen atoms in total. The summed E-state index contributed by atoms with van der Waals surface area (Å²) in [6, 6.07) is -1.34. The second kappa shape index (κ2) is 5.97. The number of rotatable bonds is 6. The summed E-state index contributed by atoms with van der Waals surface area (Å²) >= 11 is 0. The number of carboxylic acid groups (broad SMARTS) is 1. The van der Waals surface area contributed by atoms with Crippen LogP contribution in [0.2, 0.25) is 0 Å². The second-order valence-electron chi connectivity index (χ2n) is 5.80. The number of carbonyl (C=O) groups is 2. The van der Waals surface area contributed by atoms with Crippen molar-refractivity contribution in [3.63, 3.8) is 0 Å². The van der Waals surface area contributed by atoms with Gasteiger partial charge < -0.3 is 25.2 Å². The molecule has 2 aliphatic rings. The molecule has 1 aliphatic carbocycles. The van der Waals surface area contributed by atoms with Crippen LogP contribution in [0.4, 0.5) is 4.79 Å². The highest BCUT2D eigenvalue weighted by molar-refractivity contribution is 5.83. The van der Waals surface area contributed by atoms with Gasteiger partial charge in [0.25, 0.3) is 0 Å². The van der Waals surface area contributed by atoms with Crippen molar-refractivity contribution >= 4 is 12.0 Å². The highest BCUT2D eigenvalue weighted by Gasteiger charge is 2.44. The number of β-amino-alcohol motifs (C(OH)–C–C–N with tert-alkyl or cyclic N) is 1. The minimum Gasteiger partial charge on any atom is -0.480 e. The zero-order valence-electron chi connectivity index (χ0n) is 11.7. The SMILES string of the molecule is COCCC1(CNC(=O)N2C[C@H](O)C[C@H]2C(=O)O)CC1. The Morgan fingerprint density at radius 3 is 2.70 bits per heavy atom. The standard InChI is InChI=1S/C13H22N2O5/c1-20-5-4-13(2-3-13)8-14-12(19)15-7-9(16)6-10(15)11(17)18/h9-10,16H,2-8H2,1H3,(H,14,19)(H,17,18)/t9-,10+/m1/s1. The van der Waals surface area contributed by atoms with Crippen LogP contribution in [0, 0.1) is 5.41 Å². The van der Waals surface area contributed by atoms with Gasteiger partial charge in [-0.15, -0.1) is 0 Å². The maximum Gasteiger partial charge on any atom is 0.326 e. The Bertz CT molecular complexity index is 383. The molecule has 2 atom stereocenters. The van der Waals surface area contributed by atoms with Gasteiger partial charge in [0, 0.05) is 33.2 Å². The predicted molar refractivity (Wildman–Crippen MR) is 70.3 cm³/mol. The van der Waals surface area contributed by atoms with Gasteiger partial charge in [-0.25, -0.2) is 9.59 Å². The van der Waals surface area contributed by atoms with Crippen LogP contribution in [0.15, 0.2) is 0 Å². The van der Waals surface area contributed by atoms with E-state index in [9.17, 15) is 14.7 Å². The van der Waals surface area contributed by atoms with Crippen LogP contribution < -0.4 is 5.32 Å². The van der Waals surface area contributed by atoms with E-state index in [0.717, 1.165) is 19.3 Å². The fourth-order valence-corrected chi connectivity index (χ4v) is 2.65. The number of carbonyl (C=O) groups excluding carboxylic acids is 1. The Kier molecular flexibility index (Phi) is 4.49. The predicted octanol–water partition coefficient (Wildman–Crippen LogP) is 0.0325. The third-order valence-electron chi connectivity index (χ3n) is 4.23. The average Bonchev–Trinajstić information content (AvgIpc) is 3.07. The zero-order valence-corrected chi connectivity index (χ0v) is 11.7. The number of amides is 2. The number of hydrogen-bond acceptors (Lipinski definition) is 4. The summed E-state index contributed by atoms with van der Waals surface area (Å²) in [5, 5.41) is 21.4. The van der Waals surface area contributed by atoms with E-state index in [0.29, 0.717) is 13.2 Å².